The molecular weight excluding hydrogens is 264 g/mol. The second-order valence-electron chi connectivity index (χ2n) is 5.23. The summed E-state index contributed by atoms with van der Waals surface area (Å²) in [6.07, 6.45) is 3.01. The van der Waals surface area contributed by atoms with Crippen LogP contribution in [0.1, 0.15) is 37.3 Å². The highest BCUT2D eigenvalue weighted by atomic mass is 16.6. The Bertz CT molecular complexity index is 514. The number of aliphatic hydroxyl groups excluding tert-OH is 1. The third kappa shape index (κ3) is 2.68. The number of nitro benzene ring substituents is 1. The Morgan fingerprint density at radius 3 is 2.45 bits per heavy atom. The molecule has 0 amide bonds. The zero-order valence-electron chi connectivity index (χ0n) is 10.9. The van der Waals surface area contributed by atoms with Gasteiger partial charge in [0.05, 0.1) is 17.1 Å². The standard InChI is InChI=1S/C13H18N2O5/c14-11(12(17)7-3-1-2-4-7)8-5-9(15(19)20)13(18)10(16)6-8/h5-7,11-12,16-18H,1-4,14H2/t11-,12+/m1/s1. The molecule has 0 aliphatic heterocycles. The number of nitrogens with zero attached hydrogens (tertiary/aromatic N) is 1. The van der Waals surface area contributed by atoms with E-state index in [9.17, 15) is 25.4 Å². The lowest BCUT2D eigenvalue weighted by Gasteiger charge is -2.24. The van der Waals surface area contributed by atoms with Gasteiger partial charge in [0.1, 0.15) is 0 Å². The van der Waals surface area contributed by atoms with Gasteiger partial charge in [0, 0.05) is 6.07 Å². The summed E-state index contributed by atoms with van der Waals surface area (Å²) in [6.45, 7) is 0. The number of nitrogens with two attached hydrogens (primary N) is 1. The lowest BCUT2D eigenvalue weighted by Crippen LogP contribution is -2.31. The average Bonchev–Trinajstić information content (AvgIpc) is 2.93. The molecule has 2 rings (SSSR count). The Kier molecular flexibility index (Phi) is 4.10. The van der Waals surface area contributed by atoms with Crippen molar-refractivity contribution >= 4 is 5.69 Å². The van der Waals surface area contributed by atoms with E-state index in [0.29, 0.717) is 0 Å². The van der Waals surface area contributed by atoms with Crippen LogP contribution in [-0.4, -0.2) is 26.3 Å². The first kappa shape index (κ1) is 14.5. The lowest BCUT2D eigenvalue weighted by atomic mass is 9.90. The third-order valence-electron chi connectivity index (χ3n) is 3.92. The van der Waals surface area contributed by atoms with Crippen LogP contribution in [-0.2, 0) is 0 Å². The number of hydrogen-bond acceptors (Lipinski definition) is 6. The van der Waals surface area contributed by atoms with E-state index in [-0.39, 0.29) is 11.5 Å². The summed E-state index contributed by atoms with van der Waals surface area (Å²) in [7, 11) is 0. The number of aliphatic hydroxyl groups is 1. The molecule has 0 radical (unpaired) electrons. The van der Waals surface area contributed by atoms with Gasteiger partial charge in [-0.05, 0) is 30.4 Å². The van der Waals surface area contributed by atoms with Crippen molar-refractivity contribution in [1.82, 2.24) is 0 Å². The Morgan fingerprint density at radius 2 is 1.90 bits per heavy atom. The van der Waals surface area contributed by atoms with Gasteiger partial charge in [-0.25, -0.2) is 0 Å². The van der Waals surface area contributed by atoms with Crippen LogP contribution in [0.3, 0.4) is 0 Å². The molecule has 0 heterocycles. The van der Waals surface area contributed by atoms with Crippen molar-refractivity contribution in [3.8, 4) is 11.5 Å². The summed E-state index contributed by atoms with van der Waals surface area (Å²) in [4.78, 5) is 10.0. The van der Waals surface area contributed by atoms with E-state index in [1.807, 2.05) is 0 Å². The van der Waals surface area contributed by atoms with Gasteiger partial charge < -0.3 is 21.1 Å². The first-order valence-electron chi connectivity index (χ1n) is 6.55. The fourth-order valence-electron chi connectivity index (χ4n) is 2.75. The zero-order valence-corrected chi connectivity index (χ0v) is 10.9. The SMILES string of the molecule is N[C@H](c1cc(O)c(O)c([N+](=O)[O-])c1)[C@@H](O)C1CCCC1. The number of benzene rings is 1. The molecule has 110 valence electrons. The number of aromatic hydroxyl groups is 2. The van der Waals surface area contributed by atoms with Gasteiger partial charge in [0.2, 0.25) is 5.75 Å². The van der Waals surface area contributed by atoms with Gasteiger partial charge in [-0.2, -0.15) is 0 Å². The molecule has 7 nitrogen and oxygen atoms in total. The second kappa shape index (κ2) is 5.64. The van der Waals surface area contributed by atoms with Gasteiger partial charge in [0.25, 0.3) is 0 Å². The predicted octanol–water partition coefficient (Wildman–Crippen LogP) is 1.56. The van der Waals surface area contributed by atoms with Crippen LogP contribution >= 0.6 is 0 Å². The van der Waals surface area contributed by atoms with E-state index >= 15 is 0 Å². The molecule has 1 aliphatic carbocycles. The molecule has 1 aromatic carbocycles. The fourth-order valence-corrected chi connectivity index (χ4v) is 2.75. The summed E-state index contributed by atoms with van der Waals surface area (Å²) < 4.78 is 0. The Morgan fingerprint density at radius 1 is 1.30 bits per heavy atom. The van der Waals surface area contributed by atoms with Crippen LogP contribution in [0.2, 0.25) is 0 Å². The summed E-state index contributed by atoms with van der Waals surface area (Å²) in [5.41, 5.74) is 5.57. The van der Waals surface area contributed by atoms with Crippen molar-refractivity contribution in [3.63, 3.8) is 0 Å². The minimum absolute atomic E-state index is 0.0694. The Hall–Kier alpha value is -1.86. The van der Waals surface area contributed by atoms with Crippen molar-refractivity contribution in [2.45, 2.75) is 37.8 Å². The molecule has 1 aliphatic rings. The molecule has 0 unspecified atom stereocenters. The predicted molar refractivity (Wildman–Crippen MR) is 71.3 cm³/mol. The van der Waals surface area contributed by atoms with Crippen LogP contribution in [0.5, 0.6) is 11.5 Å². The molecule has 0 bridgehead atoms. The molecule has 2 atom stereocenters. The normalized spacial score (nSPS) is 18.9. The van der Waals surface area contributed by atoms with Crippen LogP contribution in [0.25, 0.3) is 0 Å². The molecule has 1 fully saturated rings. The van der Waals surface area contributed by atoms with E-state index in [4.69, 9.17) is 5.73 Å². The Labute approximate surface area is 115 Å². The van der Waals surface area contributed by atoms with E-state index in [1.165, 1.54) is 0 Å². The van der Waals surface area contributed by atoms with Crippen molar-refractivity contribution in [3.05, 3.63) is 27.8 Å². The maximum absolute atomic E-state index is 10.8. The highest BCUT2D eigenvalue weighted by Crippen LogP contribution is 2.39. The van der Waals surface area contributed by atoms with Crippen molar-refractivity contribution in [2.24, 2.45) is 11.7 Å². The molecular formula is C13H18N2O5. The summed E-state index contributed by atoms with van der Waals surface area (Å²) >= 11 is 0. The summed E-state index contributed by atoms with van der Waals surface area (Å²) in [5.74, 6) is -1.33. The molecule has 20 heavy (non-hydrogen) atoms. The number of rotatable bonds is 4. The Balaban J connectivity index is 2.29. The molecule has 0 saturated heterocycles. The van der Waals surface area contributed by atoms with Gasteiger partial charge in [0.15, 0.2) is 5.75 Å². The largest absolute Gasteiger partial charge is 0.504 e. The zero-order chi connectivity index (χ0) is 14.9. The van der Waals surface area contributed by atoms with Gasteiger partial charge >= 0.3 is 5.69 Å². The second-order valence-corrected chi connectivity index (χ2v) is 5.23. The summed E-state index contributed by atoms with van der Waals surface area (Å²) in [5, 5.41) is 40.0. The first-order chi connectivity index (χ1) is 9.41. The number of hydrogen-bond donors (Lipinski definition) is 4. The van der Waals surface area contributed by atoms with Crippen molar-refractivity contribution in [1.29, 1.82) is 0 Å². The van der Waals surface area contributed by atoms with Crippen molar-refractivity contribution in [2.75, 3.05) is 0 Å². The van der Waals surface area contributed by atoms with Gasteiger partial charge in [-0.15, -0.1) is 0 Å². The van der Waals surface area contributed by atoms with E-state index in [1.54, 1.807) is 0 Å². The van der Waals surface area contributed by atoms with E-state index < -0.39 is 34.3 Å². The lowest BCUT2D eigenvalue weighted by molar-refractivity contribution is -0.386. The molecule has 5 N–H and O–H groups in total. The van der Waals surface area contributed by atoms with Crippen molar-refractivity contribution < 1.29 is 20.2 Å². The minimum Gasteiger partial charge on any atom is -0.504 e. The maximum Gasteiger partial charge on any atom is 0.314 e. The van der Waals surface area contributed by atoms with E-state index in [0.717, 1.165) is 37.8 Å². The van der Waals surface area contributed by atoms with Gasteiger partial charge in [-0.3, -0.25) is 10.1 Å². The smallest absolute Gasteiger partial charge is 0.314 e. The highest BCUT2D eigenvalue weighted by molar-refractivity contribution is 5.57. The molecule has 7 heteroatoms. The maximum atomic E-state index is 10.8. The third-order valence-corrected chi connectivity index (χ3v) is 3.92. The van der Waals surface area contributed by atoms with Crippen LogP contribution in [0, 0.1) is 16.0 Å². The van der Waals surface area contributed by atoms with E-state index in [2.05, 4.69) is 0 Å². The fraction of sp³-hybridized carbons (Fsp3) is 0.538. The quantitative estimate of drug-likeness (QED) is 0.376. The highest BCUT2D eigenvalue weighted by Gasteiger charge is 2.30. The first-order valence-corrected chi connectivity index (χ1v) is 6.55. The van der Waals surface area contributed by atoms with Crippen LogP contribution in [0.15, 0.2) is 12.1 Å². The number of phenolic OH excluding ortho intramolecular Hbond substituents is 2. The molecule has 0 spiro atoms. The van der Waals surface area contributed by atoms with Crippen LogP contribution in [0.4, 0.5) is 5.69 Å². The molecule has 0 aromatic heterocycles. The number of nitro groups is 1. The monoisotopic (exact) mass is 282 g/mol. The number of phenols is 2. The molecule has 1 aromatic rings. The molecule has 1 saturated carbocycles. The topological polar surface area (TPSA) is 130 Å². The average molecular weight is 282 g/mol. The summed E-state index contributed by atoms with van der Waals surface area (Å²) in [6, 6.07) is 1.42. The van der Waals surface area contributed by atoms with Gasteiger partial charge in [-0.1, -0.05) is 12.8 Å². The van der Waals surface area contributed by atoms with Crippen LogP contribution < -0.4 is 5.73 Å². The minimum atomic E-state index is -0.830.